The normalized spacial score (nSPS) is 10.4. The highest BCUT2D eigenvalue weighted by molar-refractivity contribution is 14.1. The molecule has 0 heterocycles. The van der Waals surface area contributed by atoms with Crippen LogP contribution < -0.4 is 4.90 Å². The molecule has 0 bridgehead atoms. The number of carbonyl (C=O) groups is 2. The third-order valence-electron chi connectivity index (χ3n) is 3.24. The summed E-state index contributed by atoms with van der Waals surface area (Å²) in [5.41, 5.74) is 1.26. The maximum Gasteiger partial charge on any atom is 0.339 e. The number of ether oxygens (including phenoxy) is 1. The van der Waals surface area contributed by atoms with E-state index in [1.54, 1.807) is 17.0 Å². The van der Waals surface area contributed by atoms with Crippen molar-refractivity contribution in [2.24, 2.45) is 0 Å². The lowest BCUT2D eigenvalue weighted by molar-refractivity contribution is -0.122. The smallest absolute Gasteiger partial charge is 0.339 e. The lowest BCUT2D eigenvalue weighted by Gasteiger charge is -2.26. The lowest BCUT2D eigenvalue weighted by Crippen LogP contribution is -2.39. The van der Waals surface area contributed by atoms with E-state index in [2.05, 4.69) is 22.6 Å². The quantitative estimate of drug-likeness (QED) is 0.542. The second kappa shape index (κ2) is 8.10. The summed E-state index contributed by atoms with van der Waals surface area (Å²) in [5.74, 6) is -0.731. The summed E-state index contributed by atoms with van der Waals surface area (Å²) in [7, 11) is 0. The Bertz CT molecular complexity index is 686. The molecule has 0 spiro atoms. The van der Waals surface area contributed by atoms with Crippen LogP contribution in [0.1, 0.15) is 24.2 Å². The molecule has 0 saturated carbocycles. The average Bonchev–Trinajstić information content (AvgIpc) is 2.54. The van der Waals surface area contributed by atoms with E-state index in [0.29, 0.717) is 5.56 Å². The maximum atomic E-state index is 12.5. The largest absolute Gasteiger partial charge is 0.452 e. The molecule has 0 saturated heterocycles. The van der Waals surface area contributed by atoms with Crippen LogP contribution in [-0.4, -0.2) is 24.5 Å². The highest BCUT2D eigenvalue weighted by atomic mass is 127. The number of hydrogen-bond acceptors (Lipinski definition) is 3. The van der Waals surface area contributed by atoms with E-state index >= 15 is 0 Å². The van der Waals surface area contributed by atoms with Gasteiger partial charge in [0.15, 0.2) is 6.61 Å². The van der Waals surface area contributed by atoms with E-state index in [1.165, 1.54) is 0 Å². The van der Waals surface area contributed by atoms with Gasteiger partial charge in [0.05, 0.1) is 5.56 Å². The van der Waals surface area contributed by atoms with Crippen molar-refractivity contribution in [3.05, 3.63) is 63.7 Å². The van der Waals surface area contributed by atoms with Crippen molar-refractivity contribution < 1.29 is 14.3 Å². The molecular formula is C18H18INO3. The molecule has 120 valence electrons. The number of nitrogens with zero attached hydrogens (tertiary/aromatic N) is 1. The summed E-state index contributed by atoms with van der Waals surface area (Å²) < 4.78 is 5.99. The number of amides is 1. The summed E-state index contributed by atoms with van der Waals surface area (Å²) >= 11 is 2.07. The van der Waals surface area contributed by atoms with Gasteiger partial charge in [-0.15, -0.1) is 0 Å². The van der Waals surface area contributed by atoms with Crippen LogP contribution in [0.25, 0.3) is 0 Å². The number of rotatable bonds is 5. The van der Waals surface area contributed by atoms with E-state index in [9.17, 15) is 9.59 Å². The average molecular weight is 423 g/mol. The fourth-order valence-corrected chi connectivity index (χ4v) is 2.83. The molecule has 5 heteroatoms. The van der Waals surface area contributed by atoms with Crippen molar-refractivity contribution in [3.8, 4) is 0 Å². The number of hydrogen-bond donors (Lipinski definition) is 0. The zero-order chi connectivity index (χ0) is 16.8. The molecular weight excluding hydrogens is 405 g/mol. The molecule has 0 fully saturated rings. The van der Waals surface area contributed by atoms with E-state index in [4.69, 9.17) is 4.74 Å². The van der Waals surface area contributed by atoms with E-state index in [-0.39, 0.29) is 18.6 Å². The second-order valence-corrected chi connectivity index (χ2v) is 6.41. The summed E-state index contributed by atoms with van der Waals surface area (Å²) in [5, 5.41) is 0. The Morgan fingerprint density at radius 1 is 1.04 bits per heavy atom. The number of esters is 1. The summed E-state index contributed by atoms with van der Waals surface area (Å²) in [6.45, 7) is 3.57. The predicted molar refractivity (Wildman–Crippen MR) is 98.5 cm³/mol. The molecule has 0 radical (unpaired) electrons. The second-order valence-electron chi connectivity index (χ2n) is 5.25. The van der Waals surface area contributed by atoms with Crippen molar-refractivity contribution in [1.29, 1.82) is 0 Å². The summed E-state index contributed by atoms with van der Waals surface area (Å²) in [6.07, 6.45) is 0. The van der Waals surface area contributed by atoms with Crippen LogP contribution >= 0.6 is 22.6 Å². The summed E-state index contributed by atoms with van der Waals surface area (Å²) in [4.78, 5) is 26.2. The Hall–Kier alpha value is -1.89. The van der Waals surface area contributed by atoms with Crippen LogP contribution in [0.2, 0.25) is 0 Å². The first-order valence-corrected chi connectivity index (χ1v) is 8.37. The molecule has 0 aliphatic heterocycles. The minimum absolute atomic E-state index is 0.0273. The molecule has 4 nitrogen and oxygen atoms in total. The van der Waals surface area contributed by atoms with Gasteiger partial charge in [-0.1, -0.05) is 30.3 Å². The van der Waals surface area contributed by atoms with Crippen LogP contribution in [0.4, 0.5) is 5.69 Å². The fraction of sp³-hybridized carbons (Fsp3) is 0.222. The minimum atomic E-state index is -0.486. The minimum Gasteiger partial charge on any atom is -0.452 e. The van der Waals surface area contributed by atoms with E-state index < -0.39 is 5.97 Å². The molecule has 2 rings (SSSR count). The molecule has 2 aromatic rings. The van der Waals surface area contributed by atoms with Crippen LogP contribution in [0.5, 0.6) is 0 Å². The molecule has 0 N–H and O–H groups in total. The third kappa shape index (κ3) is 4.54. The fourth-order valence-electron chi connectivity index (χ4n) is 2.22. The van der Waals surface area contributed by atoms with E-state index in [1.807, 2.05) is 56.3 Å². The molecule has 23 heavy (non-hydrogen) atoms. The number of anilines is 1. The first kappa shape index (κ1) is 17.5. The molecule has 0 aliphatic rings. The van der Waals surface area contributed by atoms with Gasteiger partial charge in [0.2, 0.25) is 0 Å². The standard InChI is InChI=1S/C18H18INO3/c1-13(2)20(14-8-4-3-5-9-14)17(21)12-23-18(22)15-10-6-7-11-16(15)19/h3-11,13H,12H2,1-2H3. The molecule has 0 aliphatic carbocycles. The van der Waals surface area contributed by atoms with Gasteiger partial charge in [-0.3, -0.25) is 4.79 Å². The molecule has 0 atom stereocenters. The number of halogens is 1. The van der Waals surface area contributed by atoms with Gasteiger partial charge in [-0.2, -0.15) is 0 Å². The van der Waals surface area contributed by atoms with Crippen molar-refractivity contribution in [2.45, 2.75) is 19.9 Å². The van der Waals surface area contributed by atoms with Crippen molar-refractivity contribution in [1.82, 2.24) is 0 Å². The summed E-state index contributed by atoms with van der Waals surface area (Å²) in [6, 6.07) is 16.5. The lowest BCUT2D eigenvalue weighted by atomic mass is 10.2. The SMILES string of the molecule is CC(C)N(C(=O)COC(=O)c1ccccc1I)c1ccccc1. The highest BCUT2D eigenvalue weighted by Gasteiger charge is 2.21. The molecule has 0 aromatic heterocycles. The first-order chi connectivity index (χ1) is 11.0. The Kier molecular flexibility index (Phi) is 6.15. The van der Waals surface area contributed by atoms with Crippen molar-refractivity contribution in [2.75, 3.05) is 11.5 Å². The molecule has 2 aromatic carbocycles. The first-order valence-electron chi connectivity index (χ1n) is 7.29. The van der Waals surface area contributed by atoms with Gasteiger partial charge in [0.1, 0.15) is 0 Å². The third-order valence-corrected chi connectivity index (χ3v) is 4.18. The van der Waals surface area contributed by atoms with Gasteiger partial charge in [-0.25, -0.2) is 4.79 Å². The van der Waals surface area contributed by atoms with Crippen LogP contribution in [0, 0.1) is 3.57 Å². The Morgan fingerprint density at radius 2 is 1.65 bits per heavy atom. The Labute approximate surface area is 149 Å². The topological polar surface area (TPSA) is 46.6 Å². The molecule has 1 amide bonds. The number of para-hydroxylation sites is 1. The van der Waals surface area contributed by atoms with Gasteiger partial charge < -0.3 is 9.64 Å². The van der Waals surface area contributed by atoms with Crippen LogP contribution in [0.3, 0.4) is 0 Å². The predicted octanol–water partition coefficient (Wildman–Crippen LogP) is 3.89. The van der Waals surface area contributed by atoms with Gasteiger partial charge in [-0.05, 0) is 60.7 Å². The van der Waals surface area contributed by atoms with Gasteiger partial charge >= 0.3 is 5.97 Å². The maximum absolute atomic E-state index is 12.5. The monoisotopic (exact) mass is 423 g/mol. The van der Waals surface area contributed by atoms with Crippen LogP contribution in [-0.2, 0) is 9.53 Å². The zero-order valence-electron chi connectivity index (χ0n) is 13.0. The number of carbonyl (C=O) groups excluding carboxylic acids is 2. The molecule has 0 unspecified atom stereocenters. The van der Waals surface area contributed by atoms with E-state index in [0.717, 1.165) is 9.26 Å². The Morgan fingerprint density at radius 3 is 2.26 bits per heavy atom. The van der Waals surface area contributed by atoms with Crippen LogP contribution in [0.15, 0.2) is 54.6 Å². The van der Waals surface area contributed by atoms with Crippen molar-refractivity contribution in [3.63, 3.8) is 0 Å². The highest BCUT2D eigenvalue weighted by Crippen LogP contribution is 2.17. The Balaban J connectivity index is 2.06. The van der Waals surface area contributed by atoms with Crippen molar-refractivity contribution >= 4 is 40.2 Å². The zero-order valence-corrected chi connectivity index (χ0v) is 15.2. The van der Waals surface area contributed by atoms with Gasteiger partial charge in [0.25, 0.3) is 5.91 Å². The number of benzene rings is 2. The van der Waals surface area contributed by atoms with Gasteiger partial charge in [0, 0.05) is 15.3 Å².